The molecule has 0 aliphatic carbocycles. The second-order valence-corrected chi connectivity index (χ2v) is 6.21. The minimum Gasteiger partial charge on any atom is -0.334 e. The molecule has 1 aromatic rings. The molecule has 1 unspecified atom stereocenters. The number of piperidine rings is 1. The molecule has 2 amide bonds. The van der Waals surface area contributed by atoms with Crippen molar-refractivity contribution in [2.75, 3.05) is 18.4 Å². The summed E-state index contributed by atoms with van der Waals surface area (Å²) in [6.45, 7) is 1.92. The number of halogens is 1. The van der Waals surface area contributed by atoms with Crippen LogP contribution in [0, 0.1) is 0 Å². The lowest BCUT2D eigenvalue weighted by Crippen LogP contribution is -2.46. The number of anilines is 1. The van der Waals surface area contributed by atoms with Crippen LogP contribution >= 0.6 is 27.3 Å². The molecule has 6 heteroatoms. The van der Waals surface area contributed by atoms with E-state index in [1.165, 1.54) is 11.3 Å². The predicted molar refractivity (Wildman–Crippen MR) is 70.1 cm³/mol. The Balaban J connectivity index is 1.79. The molecule has 1 atom stereocenters. The molecule has 0 bridgehead atoms. The minimum absolute atomic E-state index is 0.122. The molecule has 16 heavy (non-hydrogen) atoms. The molecule has 1 saturated heterocycles. The van der Waals surface area contributed by atoms with E-state index in [1.807, 2.05) is 12.1 Å². The summed E-state index contributed by atoms with van der Waals surface area (Å²) in [4.78, 5) is 11.6. The Labute approximate surface area is 107 Å². The topological polar surface area (TPSA) is 53.2 Å². The van der Waals surface area contributed by atoms with Gasteiger partial charge in [0.25, 0.3) is 0 Å². The van der Waals surface area contributed by atoms with Crippen LogP contribution in [0.5, 0.6) is 0 Å². The van der Waals surface area contributed by atoms with Crippen molar-refractivity contribution in [3.05, 3.63) is 15.9 Å². The summed E-state index contributed by atoms with van der Waals surface area (Å²) < 4.78 is 1.02. The summed E-state index contributed by atoms with van der Waals surface area (Å²) in [5, 5.41) is 9.89. The smallest absolute Gasteiger partial charge is 0.320 e. The molecule has 1 aromatic heterocycles. The Morgan fingerprint density at radius 3 is 3.06 bits per heavy atom. The third-order valence-electron chi connectivity index (χ3n) is 2.44. The second-order valence-electron chi connectivity index (χ2n) is 3.75. The third kappa shape index (κ3) is 3.47. The minimum atomic E-state index is -0.122. The van der Waals surface area contributed by atoms with E-state index in [2.05, 4.69) is 31.9 Å². The number of carbonyl (C=O) groups excluding carboxylic acids is 1. The van der Waals surface area contributed by atoms with Crippen molar-refractivity contribution in [2.24, 2.45) is 0 Å². The van der Waals surface area contributed by atoms with Crippen LogP contribution in [-0.4, -0.2) is 25.2 Å². The maximum Gasteiger partial charge on any atom is 0.320 e. The van der Waals surface area contributed by atoms with Crippen LogP contribution in [0.3, 0.4) is 0 Å². The zero-order valence-corrected chi connectivity index (χ0v) is 11.2. The van der Waals surface area contributed by atoms with Crippen molar-refractivity contribution in [1.29, 1.82) is 0 Å². The van der Waals surface area contributed by atoms with Crippen LogP contribution < -0.4 is 16.0 Å². The van der Waals surface area contributed by atoms with Crippen molar-refractivity contribution >= 4 is 38.3 Å². The fourth-order valence-electron chi connectivity index (χ4n) is 1.69. The Morgan fingerprint density at radius 1 is 1.56 bits per heavy atom. The number of rotatable bonds is 2. The molecule has 0 aromatic carbocycles. The van der Waals surface area contributed by atoms with Gasteiger partial charge in [0.05, 0.1) is 8.79 Å². The van der Waals surface area contributed by atoms with Gasteiger partial charge in [-0.05, 0) is 47.4 Å². The standard InChI is InChI=1S/C10H14BrN3OS/c11-8-3-4-9(16-8)14-10(15)13-7-2-1-5-12-6-7/h3-4,7,12H,1-2,5-6H2,(H2,13,14,15). The van der Waals surface area contributed by atoms with Crippen LogP contribution in [0.15, 0.2) is 15.9 Å². The van der Waals surface area contributed by atoms with Crippen molar-refractivity contribution < 1.29 is 4.79 Å². The van der Waals surface area contributed by atoms with Crippen molar-refractivity contribution in [1.82, 2.24) is 10.6 Å². The molecule has 88 valence electrons. The Kier molecular flexibility index (Phi) is 4.20. The van der Waals surface area contributed by atoms with E-state index in [0.29, 0.717) is 0 Å². The van der Waals surface area contributed by atoms with E-state index in [1.54, 1.807) is 0 Å². The largest absolute Gasteiger partial charge is 0.334 e. The quantitative estimate of drug-likeness (QED) is 0.786. The highest BCUT2D eigenvalue weighted by atomic mass is 79.9. The first-order chi connectivity index (χ1) is 7.74. The molecule has 0 spiro atoms. The summed E-state index contributed by atoms with van der Waals surface area (Å²) in [6.07, 6.45) is 2.17. The van der Waals surface area contributed by atoms with Crippen molar-refractivity contribution in [3.8, 4) is 0 Å². The fraction of sp³-hybridized carbons (Fsp3) is 0.500. The van der Waals surface area contributed by atoms with Crippen molar-refractivity contribution in [3.63, 3.8) is 0 Å². The van der Waals surface area contributed by atoms with E-state index in [-0.39, 0.29) is 12.1 Å². The number of hydrogen-bond acceptors (Lipinski definition) is 3. The number of urea groups is 1. The normalized spacial score (nSPS) is 20.4. The first-order valence-corrected chi connectivity index (χ1v) is 6.88. The lowest BCUT2D eigenvalue weighted by atomic mass is 10.1. The van der Waals surface area contributed by atoms with Gasteiger partial charge < -0.3 is 10.6 Å². The van der Waals surface area contributed by atoms with Gasteiger partial charge in [0.15, 0.2) is 0 Å². The summed E-state index contributed by atoms with van der Waals surface area (Å²) in [5.41, 5.74) is 0. The summed E-state index contributed by atoms with van der Waals surface area (Å²) in [7, 11) is 0. The van der Waals surface area contributed by atoms with E-state index >= 15 is 0 Å². The Morgan fingerprint density at radius 2 is 2.44 bits per heavy atom. The van der Waals surface area contributed by atoms with Gasteiger partial charge in [0.2, 0.25) is 0 Å². The van der Waals surface area contributed by atoms with Crippen LogP contribution in [0.25, 0.3) is 0 Å². The van der Waals surface area contributed by atoms with Gasteiger partial charge in [-0.3, -0.25) is 5.32 Å². The number of thiophene rings is 1. The average molecular weight is 304 g/mol. The number of carbonyl (C=O) groups is 1. The van der Waals surface area contributed by atoms with E-state index in [9.17, 15) is 4.79 Å². The highest BCUT2D eigenvalue weighted by Gasteiger charge is 2.15. The molecular weight excluding hydrogens is 290 g/mol. The van der Waals surface area contributed by atoms with Gasteiger partial charge in [-0.1, -0.05) is 0 Å². The third-order valence-corrected chi connectivity index (χ3v) is 3.98. The molecule has 1 aliphatic rings. The maximum atomic E-state index is 11.6. The molecule has 2 heterocycles. The summed E-state index contributed by atoms with van der Waals surface area (Å²) in [5.74, 6) is 0. The number of amides is 2. The van der Waals surface area contributed by atoms with Crippen LogP contribution in [0.4, 0.5) is 9.80 Å². The molecule has 0 saturated carbocycles. The molecule has 4 nitrogen and oxygen atoms in total. The van der Waals surface area contributed by atoms with E-state index < -0.39 is 0 Å². The molecule has 2 rings (SSSR count). The second kappa shape index (κ2) is 5.65. The van der Waals surface area contributed by atoms with Crippen LogP contribution in [-0.2, 0) is 0 Å². The molecular formula is C10H14BrN3OS. The highest BCUT2D eigenvalue weighted by Crippen LogP contribution is 2.26. The van der Waals surface area contributed by atoms with E-state index in [4.69, 9.17) is 0 Å². The van der Waals surface area contributed by atoms with Crippen LogP contribution in [0.1, 0.15) is 12.8 Å². The van der Waals surface area contributed by atoms with Gasteiger partial charge in [-0.2, -0.15) is 0 Å². The lowest BCUT2D eigenvalue weighted by Gasteiger charge is -2.23. The Hall–Kier alpha value is -0.590. The van der Waals surface area contributed by atoms with Gasteiger partial charge in [0, 0.05) is 12.6 Å². The zero-order chi connectivity index (χ0) is 11.4. The SMILES string of the molecule is O=C(Nc1ccc(Br)s1)NC1CCCNC1. The van der Waals surface area contributed by atoms with Gasteiger partial charge >= 0.3 is 6.03 Å². The fourth-order valence-corrected chi connectivity index (χ4v) is 2.97. The zero-order valence-electron chi connectivity index (χ0n) is 8.75. The first kappa shape index (κ1) is 11.9. The summed E-state index contributed by atoms with van der Waals surface area (Å²) in [6, 6.07) is 3.93. The number of hydrogen-bond donors (Lipinski definition) is 3. The highest BCUT2D eigenvalue weighted by molar-refractivity contribution is 9.11. The molecule has 0 radical (unpaired) electrons. The molecule has 1 fully saturated rings. The first-order valence-electron chi connectivity index (χ1n) is 5.27. The predicted octanol–water partition coefficient (Wildman–Crippen LogP) is 2.38. The van der Waals surface area contributed by atoms with E-state index in [0.717, 1.165) is 34.7 Å². The Bertz CT molecular complexity index is 363. The number of nitrogens with one attached hydrogen (secondary N) is 3. The maximum absolute atomic E-state index is 11.6. The average Bonchev–Trinajstić information content (AvgIpc) is 2.65. The lowest BCUT2D eigenvalue weighted by molar-refractivity contribution is 0.245. The van der Waals surface area contributed by atoms with Crippen LogP contribution in [0.2, 0.25) is 0 Å². The summed E-state index contributed by atoms with van der Waals surface area (Å²) >= 11 is 4.86. The van der Waals surface area contributed by atoms with Gasteiger partial charge in [-0.25, -0.2) is 4.79 Å². The molecule has 1 aliphatic heterocycles. The van der Waals surface area contributed by atoms with Gasteiger partial charge in [-0.15, -0.1) is 11.3 Å². The van der Waals surface area contributed by atoms with Gasteiger partial charge in [0.1, 0.15) is 0 Å². The van der Waals surface area contributed by atoms with Crippen molar-refractivity contribution in [2.45, 2.75) is 18.9 Å². The molecule has 3 N–H and O–H groups in total. The monoisotopic (exact) mass is 303 g/mol.